The summed E-state index contributed by atoms with van der Waals surface area (Å²) in [6.07, 6.45) is 0. The summed E-state index contributed by atoms with van der Waals surface area (Å²) in [4.78, 5) is 20.8. The molecule has 0 aliphatic heterocycles. The number of para-hydroxylation sites is 1. The van der Waals surface area contributed by atoms with E-state index in [4.69, 9.17) is 0 Å². The minimum absolute atomic E-state index is 0.130. The number of benzene rings is 1. The second kappa shape index (κ2) is 4.19. The molecule has 0 fully saturated rings. The molecule has 0 radical (unpaired) electrons. The molecule has 0 aliphatic rings. The van der Waals surface area contributed by atoms with Crippen LogP contribution in [-0.2, 0) is 4.79 Å². The molecule has 1 N–H and O–H groups in total. The van der Waals surface area contributed by atoms with Crippen molar-refractivity contribution in [3.8, 4) is 0 Å². The number of nitro groups is 1. The van der Waals surface area contributed by atoms with E-state index in [1.807, 2.05) is 0 Å². The average Bonchev–Trinajstić information content (AvgIpc) is 2.07. The molecule has 5 nitrogen and oxygen atoms in total. The Kier molecular flexibility index (Phi) is 3.19. The molecule has 1 rings (SSSR count). The lowest BCUT2D eigenvalue weighted by Crippen LogP contribution is -2.08. The number of halogens is 1. The SMILES string of the molecule is CC(=O)Nc1c(Br)cccc1[N+](=O)[O-]. The minimum atomic E-state index is -0.546. The van der Waals surface area contributed by atoms with Crippen LogP contribution in [0.25, 0.3) is 0 Å². The van der Waals surface area contributed by atoms with E-state index in [1.165, 1.54) is 19.1 Å². The van der Waals surface area contributed by atoms with E-state index < -0.39 is 4.92 Å². The summed E-state index contributed by atoms with van der Waals surface area (Å²) in [5.41, 5.74) is 0.0552. The van der Waals surface area contributed by atoms with E-state index in [-0.39, 0.29) is 17.3 Å². The number of nitro benzene ring substituents is 1. The van der Waals surface area contributed by atoms with Crippen LogP contribution in [-0.4, -0.2) is 10.8 Å². The lowest BCUT2D eigenvalue weighted by Gasteiger charge is -2.04. The van der Waals surface area contributed by atoms with Gasteiger partial charge in [-0.15, -0.1) is 0 Å². The monoisotopic (exact) mass is 258 g/mol. The smallest absolute Gasteiger partial charge is 0.293 e. The summed E-state index contributed by atoms with van der Waals surface area (Å²) in [6, 6.07) is 4.49. The van der Waals surface area contributed by atoms with Gasteiger partial charge in [0.2, 0.25) is 5.91 Å². The van der Waals surface area contributed by atoms with Gasteiger partial charge < -0.3 is 5.32 Å². The van der Waals surface area contributed by atoms with Gasteiger partial charge in [0.15, 0.2) is 0 Å². The number of rotatable bonds is 2. The topological polar surface area (TPSA) is 72.2 Å². The van der Waals surface area contributed by atoms with E-state index in [9.17, 15) is 14.9 Å². The molecular weight excluding hydrogens is 252 g/mol. The molecular formula is C8H7BrN2O3. The van der Waals surface area contributed by atoms with Gasteiger partial charge in [-0.25, -0.2) is 0 Å². The van der Waals surface area contributed by atoms with Crippen LogP contribution in [0.4, 0.5) is 11.4 Å². The first kappa shape index (κ1) is 10.6. The number of carbonyl (C=O) groups excluding carboxylic acids is 1. The molecule has 0 aromatic heterocycles. The number of hydrogen-bond donors (Lipinski definition) is 1. The minimum Gasteiger partial charge on any atom is -0.320 e. The average molecular weight is 259 g/mol. The first-order valence-electron chi connectivity index (χ1n) is 3.73. The number of hydrogen-bond acceptors (Lipinski definition) is 3. The van der Waals surface area contributed by atoms with Gasteiger partial charge in [0.25, 0.3) is 5.69 Å². The molecule has 0 aliphatic carbocycles. The van der Waals surface area contributed by atoms with E-state index in [2.05, 4.69) is 21.2 Å². The largest absolute Gasteiger partial charge is 0.320 e. The fraction of sp³-hybridized carbons (Fsp3) is 0.125. The van der Waals surface area contributed by atoms with Crippen LogP contribution < -0.4 is 5.32 Å². The number of nitrogens with zero attached hydrogens (tertiary/aromatic N) is 1. The fourth-order valence-corrected chi connectivity index (χ4v) is 1.42. The van der Waals surface area contributed by atoms with Gasteiger partial charge in [0.05, 0.1) is 4.92 Å². The molecule has 0 heterocycles. The maximum atomic E-state index is 10.8. The first-order valence-corrected chi connectivity index (χ1v) is 4.52. The van der Waals surface area contributed by atoms with Crippen LogP contribution in [0.3, 0.4) is 0 Å². The van der Waals surface area contributed by atoms with Crippen molar-refractivity contribution in [1.29, 1.82) is 0 Å². The van der Waals surface area contributed by atoms with Crippen molar-refractivity contribution < 1.29 is 9.72 Å². The van der Waals surface area contributed by atoms with Gasteiger partial charge in [-0.1, -0.05) is 6.07 Å². The predicted octanol–water partition coefficient (Wildman–Crippen LogP) is 2.32. The molecule has 0 bridgehead atoms. The van der Waals surface area contributed by atoms with Crippen molar-refractivity contribution in [3.63, 3.8) is 0 Å². The Hall–Kier alpha value is -1.43. The molecule has 1 aromatic rings. The van der Waals surface area contributed by atoms with Crippen molar-refractivity contribution in [1.82, 2.24) is 0 Å². The Morgan fingerprint density at radius 3 is 2.71 bits per heavy atom. The van der Waals surface area contributed by atoms with E-state index >= 15 is 0 Å². The highest BCUT2D eigenvalue weighted by atomic mass is 79.9. The molecule has 0 atom stereocenters. The summed E-state index contributed by atoms with van der Waals surface area (Å²) in [7, 11) is 0. The molecule has 6 heteroatoms. The summed E-state index contributed by atoms with van der Waals surface area (Å²) < 4.78 is 0.488. The van der Waals surface area contributed by atoms with Gasteiger partial charge in [-0.3, -0.25) is 14.9 Å². The fourth-order valence-electron chi connectivity index (χ4n) is 0.965. The van der Waals surface area contributed by atoms with Crippen LogP contribution in [0.2, 0.25) is 0 Å². The second-order valence-corrected chi connectivity index (χ2v) is 3.43. The molecule has 14 heavy (non-hydrogen) atoms. The second-order valence-electron chi connectivity index (χ2n) is 2.57. The van der Waals surface area contributed by atoms with Crippen LogP contribution >= 0.6 is 15.9 Å². The maximum absolute atomic E-state index is 10.8. The zero-order chi connectivity index (χ0) is 10.7. The molecule has 1 aromatic carbocycles. The normalized spacial score (nSPS) is 9.57. The molecule has 74 valence electrons. The van der Waals surface area contributed by atoms with Crippen LogP contribution in [0.15, 0.2) is 22.7 Å². The van der Waals surface area contributed by atoms with Crippen LogP contribution in [0.5, 0.6) is 0 Å². The van der Waals surface area contributed by atoms with Gasteiger partial charge in [-0.05, 0) is 22.0 Å². The Bertz CT molecular complexity index is 392. The first-order chi connectivity index (χ1) is 6.52. The van der Waals surface area contributed by atoms with E-state index in [0.717, 1.165) is 0 Å². The Balaban J connectivity index is 3.22. The van der Waals surface area contributed by atoms with Crippen molar-refractivity contribution in [2.24, 2.45) is 0 Å². The van der Waals surface area contributed by atoms with Gasteiger partial charge in [-0.2, -0.15) is 0 Å². The zero-order valence-electron chi connectivity index (χ0n) is 7.28. The van der Waals surface area contributed by atoms with Crippen LogP contribution in [0, 0.1) is 10.1 Å². The summed E-state index contributed by atoms with van der Waals surface area (Å²) in [5, 5.41) is 13.0. The predicted molar refractivity (Wildman–Crippen MR) is 55.1 cm³/mol. The highest BCUT2D eigenvalue weighted by Gasteiger charge is 2.16. The Morgan fingerprint density at radius 2 is 2.21 bits per heavy atom. The lowest BCUT2D eigenvalue weighted by atomic mass is 10.2. The molecule has 0 saturated heterocycles. The van der Waals surface area contributed by atoms with Gasteiger partial charge in [0, 0.05) is 17.5 Å². The number of carbonyl (C=O) groups is 1. The van der Waals surface area contributed by atoms with E-state index in [1.54, 1.807) is 6.07 Å². The summed E-state index contributed by atoms with van der Waals surface area (Å²) in [5.74, 6) is -0.347. The number of amides is 1. The molecule has 0 saturated carbocycles. The maximum Gasteiger partial charge on any atom is 0.293 e. The Morgan fingerprint density at radius 1 is 1.57 bits per heavy atom. The third-order valence-corrected chi connectivity index (χ3v) is 2.15. The standard InChI is InChI=1S/C8H7BrN2O3/c1-5(12)10-8-6(9)3-2-4-7(8)11(13)14/h2-4H,1H3,(H,10,12). The van der Waals surface area contributed by atoms with E-state index in [0.29, 0.717) is 4.47 Å². The molecule has 1 amide bonds. The third-order valence-electron chi connectivity index (χ3n) is 1.49. The highest BCUT2D eigenvalue weighted by molar-refractivity contribution is 9.10. The van der Waals surface area contributed by atoms with Crippen LogP contribution in [0.1, 0.15) is 6.92 Å². The van der Waals surface area contributed by atoms with Crippen molar-refractivity contribution in [2.75, 3.05) is 5.32 Å². The van der Waals surface area contributed by atoms with Gasteiger partial charge in [0.1, 0.15) is 5.69 Å². The van der Waals surface area contributed by atoms with Crippen molar-refractivity contribution in [3.05, 3.63) is 32.8 Å². The van der Waals surface area contributed by atoms with Crippen molar-refractivity contribution in [2.45, 2.75) is 6.92 Å². The zero-order valence-corrected chi connectivity index (χ0v) is 8.87. The lowest BCUT2D eigenvalue weighted by molar-refractivity contribution is -0.384. The molecule has 0 spiro atoms. The summed E-state index contributed by atoms with van der Waals surface area (Å²) in [6.45, 7) is 1.29. The van der Waals surface area contributed by atoms with Gasteiger partial charge >= 0.3 is 0 Å². The number of anilines is 1. The quantitative estimate of drug-likeness (QED) is 0.654. The molecule has 0 unspecified atom stereocenters. The van der Waals surface area contributed by atoms with Crippen molar-refractivity contribution >= 4 is 33.2 Å². The number of nitrogens with one attached hydrogen (secondary N) is 1. The Labute approximate surface area is 88.4 Å². The highest BCUT2D eigenvalue weighted by Crippen LogP contribution is 2.31. The third kappa shape index (κ3) is 2.29. The summed E-state index contributed by atoms with van der Waals surface area (Å²) >= 11 is 3.12.